The third kappa shape index (κ3) is 3.86. The summed E-state index contributed by atoms with van der Waals surface area (Å²) in [4.78, 5) is 21.9. The molecule has 0 aliphatic heterocycles. The quantitative estimate of drug-likeness (QED) is 0.740. The highest BCUT2D eigenvalue weighted by atomic mass is 32.1. The van der Waals surface area contributed by atoms with Crippen LogP contribution in [0.5, 0.6) is 0 Å². The molecule has 124 valence electrons. The minimum absolute atomic E-state index is 0.106. The summed E-state index contributed by atoms with van der Waals surface area (Å²) in [6, 6.07) is 9.59. The first kappa shape index (κ1) is 16.3. The van der Waals surface area contributed by atoms with Crippen LogP contribution in [0.4, 0.5) is 5.13 Å². The van der Waals surface area contributed by atoms with Gasteiger partial charge >= 0.3 is 0 Å². The number of aryl methyl sites for hydroxylation is 3. The predicted molar refractivity (Wildman–Crippen MR) is 92.9 cm³/mol. The molecule has 1 aromatic carbocycles. The minimum Gasteiger partial charge on any atom is -0.339 e. The van der Waals surface area contributed by atoms with E-state index in [0.717, 1.165) is 22.6 Å². The van der Waals surface area contributed by atoms with Crippen LogP contribution in [0.15, 0.2) is 34.9 Å². The van der Waals surface area contributed by atoms with E-state index < -0.39 is 0 Å². The third-order valence-electron chi connectivity index (χ3n) is 3.54. The van der Waals surface area contributed by atoms with Crippen molar-refractivity contribution < 1.29 is 9.32 Å². The summed E-state index contributed by atoms with van der Waals surface area (Å²) < 4.78 is 5.21. The second-order valence-corrected chi connectivity index (χ2v) is 6.50. The molecule has 0 unspecified atom stereocenters. The Morgan fingerprint density at radius 2 is 2.04 bits per heavy atom. The van der Waals surface area contributed by atoms with Crippen molar-refractivity contribution >= 4 is 22.4 Å². The van der Waals surface area contributed by atoms with Gasteiger partial charge in [0, 0.05) is 23.3 Å². The zero-order valence-electron chi connectivity index (χ0n) is 13.6. The first-order valence-corrected chi connectivity index (χ1v) is 8.61. The summed E-state index contributed by atoms with van der Waals surface area (Å²) in [5, 5.41) is 7.41. The molecule has 0 saturated carbocycles. The summed E-state index contributed by atoms with van der Waals surface area (Å²) >= 11 is 1.50. The molecule has 6 nitrogen and oxygen atoms in total. The van der Waals surface area contributed by atoms with Crippen LogP contribution in [0, 0.1) is 6.92 Å². The average molecular weight is 342 g/mol. The molecule has 2 aromatic heterocycles. The monoisotopic (exact) mass is 342 g/mol. The van der Waals surface area contributed by atoms with Crippen molar-refractivity contribution in [1.82, 2.24) is 15.1 Å². The number of carbonyl (C=O) groups excluding carboxylic acids is 1. The Bertz CT molecular complexity index is 826. The van der Waals surface area contributed by atoms with E-state index in [0.29, 0.717) is 23.3 Å². The molecule has 7 heteroatoms. The van der Waals surface area contributed by atoms with Crippen molar-refractivity contribution in [2.45, 2.75) is 33.1 Å². The number of nitrogens with zero attached hydrogens (tertiary/aromatic N) is 3. The Labute approximate surface area is 143 Å². The standard InChI is InChI=1S/C17H18N4O2S/c1-3-13-11(2)24-17(18-13)19-14(22)9-10-15-20-16(21-23-15)12-7-5-4-6-8-12/h4-8H,3,9-10H2,1-2H3,(H,18,19,22). The van der Waals surface area contributed by atoms with Gasteiger partial charge in [0.05, 0.1) is 5.69 Å². The van der Waals surface area contributed by atoms with E-state index in [1.54, 1.807) is 0 Å². The topological polar surface area (TPSA) is 80.9 Å². The number of hydrogen-bond acceptors (Lipinski definition) is 6. The van der Waals surface area contributed by atoms with Crippen LogP contribution in [0.2, 0.25) is 0 Å². The Hall–Kier alpha value is -2.54. The summed E-state index contributed by atoms with van der Waals surface area (Å²) in [6.45, 7) is 4.06. The summed E-state index contributed by atoms with van der Waals surface area (Å²) in [5.41, 5.74) is 1.92. The van der Waals surface area contributed by atoms with Gasteiger partial charge in [0.15, 0.2) is 5.13 Å². The fourth-order valence-electron chi connectivity index (χ4n) is 2.27. The fraction of sp³-hybridized carbons (Fsp3) is 0.294. The number of carbonyl (C=O) groups is 1. The van der Waals surface area contributed by atoms with Gasteiger partial charge in [0.2, 0.25) is 17.6 Å². The third-order valence-corrected chi connectivity index (χ3v) is 4.47. The molecule has 0 spiro atoms. The van der Waals surface area contributed by atoms with Crippen LogP contribution in [-0.4, -0.2) is 21.0 Å². The van der Waals surface area contributed by atoms with Crippen molar-refractivity contribution in [2.24, 2.45) is 0 Å². The largest absolute Gasteiger partial charge is 0.339 e. The molecule has 0 atom stereocenters. The van der Waals surface area contributed by atoms with Crippen LogP contribution in [0.25, 0.3) is 11.4 Å². The van der Waals surface area contributed by atoms with Crippen LogP contribution in [0.3, 0.4) is 0 Å². The van der Waals surface area contributed by atoms with Crippen LogP contribution in [0.1, 0.15) is 29.8 Å². The molecule has 3 aromatic rings. The molecule has 0 radical (unpaired) electrons. The van der Waals surface area contributed by atoms with Crippen molar-refractivity contribution in [3.05, 3.63) is 46.8 Å². The lowest BCUT2D eigenvalue weighted by molar-refractivity contribution is -0.116. The van der Waals surface area contributed by atoms with Crippen LogP contribution >= 0.6 is 11.3 Å². The maximum atomic E-state index is 12.0. The summed E-state index contributed by atoms with van der Waals surface area (Å²) in [6.07, 6.45) is 1.54. The van der Waals surface area contributed by atoms with Crippen molar-refractivity contribution in [3.63, 3.8) is 0 Å². The normalized spacial score (nSPS) is 10.8. The van der Waals surface area contributed by atoms with Gasteiger partial charge < -0.3 is 9.84 Å². The number of nitrogens with one attached hydrogen (secondary N) is 1. The van der Waals surface area contributed by atoms with Gasteiger partial charge in [0.25, 0.3) is 0 Å². The molecule has 1 amide bonds. The summed E-state index contributed by atoms with van der Waals surface area (Å²) in [5.74, 6) is 0.883. The van der Waals surface area contributed by atoms with Crippen molar-refractivity contribution in [1.29, 1.82) is 0 Å². The molecule has 24 heavy (non-hydrogen) atoms. The number of thiazole rings is 1. The molecular weight excluding hydrogens is 324 g/mol. The number of benzene rings is 1. The number of anilines is 1. The van der Waals surface area contributed by atoms with Gasteiger partial charge in [-0.25, -0.2) is 4.98 Å². The second-order valence-electron chi connectivity index (χ2n) is 5.30. The molecule has 0 aliphatic carbocycles. The Morgan fingerprint density at radius 1 is 1.25 bits per heavy atom. The smallest absolute Gasteiger partial charge is 0.227 e. The highest BCUT2D eigenvalue weighted by Gasteiger charge is 2.12. The highest BCUT2D eigenvalue weighted by Crippen LogP contribution is 2.22. The highest BCUT2D eigenvalue weighted by molar-refractivity contribution is 7.15. The molecule has 0 aliphatic rings. The lowest BCUT2D eigenvalue weighted by Crippen LogP contribution is -2.12. The summed E-state index contributed by atoms with van der Waals surface area (Å²) in [7, 11) is 0. The lowest BCUT2D eigenvalue weighted by atomic mass is 10.2. The Morgan fingerprint density at radius 3 is 2.75 bits per heavy atom. The van der Waals surface area contributed by atoms with Gasteiger partial charge in [-0.2, -0.15) is 4.98 Å². The second kappa shape index (κ2) is 7.35. The van der Waals surface area contributed by atoms with E-state index in [-0.39, 0.29) is 12.3 Å². The van der Waals surface area contributed by atoms with Crippen LogP contribution < -0.4 is 5.32 Å². The first-order chi connectivity index (χ1) is 11.7. The average Bonchev–Trinajstić information content (AvgIpc) is 3.20. The SMILES string of the molecule is CCc1nc(NC(=O)CCc2nc(-c3ccccc3)no2)sc1C. The zero-order valence-corrected chi connectivity index (χ0v) is 14.4. The first-order valence-electron chi connectivity index (χ1n) is 7.80. The fourth-order valence-corrected chi connectivity index (χ4v) is 3.19. The van der Waals surface area contributed by atoms with Gasteiger partial charge in [-0.1, -0.05) is 42.4 Å². The predicted octanol–water partition coefficient (Wildman–Crippen LogP) is 3.64. The van der Waals surface area contributed by atoms with Crippen LogP contribution in [-0.2, 0) is 17.6 Å². The van der Waals surface area contributed by atoms with E-state index in [4.69, 9.17) is 4.52 Å². The Balaban J connectivity index is 1.55. The molecule has 2 heterocycles. The van der Waals surface area contributed by atoms with Gasteiger partial charge in [-0.3, -0.25) is 4.79 Å². The lowest BCUT2D eigenvalue weighted by Gasteiger charge is -1.99. The van der Waals surface area contributed by atoms with E-state index in [1.165, 1.54) is 11.3 Å². The van der Waals surface area contributed by atoms with Crippen molar-refractivity contribution in [2.75, 3.05) is 5.32 Å². The zero-order chi connectivity index (χ0) is 16.9. The number of amides is 1. The molecule has 0 fully saturated rings. The minimum atomic E-state index is -0.106. The Kier molecular flexibility index (Phi) is 5.00. The number of aromatic nitrogens is 3. The van der Waals surface area contributed by atoms with E-state index in [1.807, 2.05) is 44.2 Å². The van der Waals surface area contributed by atoms with Gasteiger partial charge in [0.1, 0.15) is 0 Å². The number of rotatable bonds is 6. The van der Waals surface area contributed by atoms with Crippen molar-refractivity contribution in [3.8, 4) is 11.4 Å². The van der Waals surface area contributed by atoms with Gasteiger partial charge in [-0.15, -0.1) is 11.3 Å². The van der Waals surface area contributed by atoms with E-state index in [9.17, 15) is 4.79 Å². The maximum absolute atomic E-state index is 12.0. The molecule has 0 bridgehead atoms. The van der Waals surface area contributed by atoms with E-state index in [2.05, 4.69) is 20.4 Å². The number of hydrogen-bond donors (Lipinski definition) is 1. The maximum Gasteiger partial charge on any atom is 0.227 e. The molecular formula is C17H18N4O2S. The molecule has 3 rings (SSSR count). The molecule has 0 saturated heterocycles. The molecule has 1 N–H and O–H groups in total. The van der Waals surface area contributed by atoms with E-state index >= 15 is 0 Å². The van der Waals surface area contributed by atoms with Gasteiger partial charge in [-0.05, 0) is 13.3 Å².